The largest absolute Gasteiger partial charge is 0.312 e. The molecule has 2 heteroatoms. The van der Waals surface area contributed by atoms with Crippen molar-refractivity contribution in [1.29, 1.82) is 0 Å². The summed E-state index contributed by atoms with van der Waals surface area (Å²) in [7, 11) is 0. The Morgan fingerprint density at radius 1 is 1.00 bits per heavy atom. The molecule has 1 aliphatic rings. The molecule has 0 aliphatic heterocycles. The molecule has 24 heavy (non-hydrogen) atoms. The molecule has 1 aliphatic carbocycles. The van der Waals surface area contributed by atoms with Crippen LogP contribution in [0.3, 0.4) is 0 Å². The molecule has 0 heterocycles. The average Bonchev–Trinajstić information content (AvgIpc) is 3.37. The van der Waals surface area contributed by atoms with Gasteiger partial charge in [-0.25, -0.2) is 4.39 Å². The van der Waals surface area contributed by atoms with Gasteiger partial charge in [0, 0.05) is 6.54 Å². The quantitative estimate of drug-likeness (QED) is 0.708. The van der Waals surface area contributed by atoms with Crippen LogP contribution in [0.4, 0.5) is 4.39 Å². The maximum atomic E-state index is 13.8. The van der Waals surface area contributed by atoms with E-state index in [0.29, 0.717) is 5.92 Å². The van der Waals surface area contributed by atoms with E-state index in [1.807, 2.05) is 6.07 Å². The van der Waals surface area contributed by atoms with E-state index in [1.54, 1.807) is 6.07 Å². The van der Waals surface area contributed by atoms with Crippen LogP contribution in [0.1, 0.15) is 61.8 Å². The molecule has 2 aromatic rings. The zero-order valence-corrected chi connectivity index (χ0v) is 15.0. The predicted octanol–water partition coefficient (Wildman–Crippen LogP) is 5.33. The third-order valence-electron chi connectivity index (χ3n) is 4.82. The summed E-state index contributed by atoms with van der Waals surface area (Å²) >= 11 is 0. The van der Waals surface area contributed by atoms with Crippen LogP contribution in [0, 0.1) is 5.82 Å². The highest BCUT2D eigenvalue weighted by Crippen LogP contribution is 2.41. The van der Waals surface area contributed by atoms with E-state index < -0.39 is 0 Å². The van der Waals surface area contributed by atoms with Gasteiger partial charge in [0.25, 0.3) is 0 Å². The van der Waals surface area contributed by atoms with Crippen LogP contribution in [0.5, 0.6) is 0 Å². The number of halogens is 1. The van der Waals surface area contributed by atoms with Gasteiger partial charge in [-0.2, -0.15) is 0 Å². The van der Waals surface area contributed by atoms with E-state index in [9.17, 15) is 4.39 Å². The molecular weight excluding hydrogens is 297 g/mol. The summed E-state index contributed by atoms with van der Waals surface area (Å²) in [6, 6.07) is 14.5. The van der Waals surface area contributed by atoms with E-state index >= 15 is 0 Å². The molecule has 0 atom stereocenters. The van der Waals surface area contributed by atoms with Crippen molar-refractivity contribution in [1.82, 2.24) is 5.32 Å². The van der Waals surface area contributed by atoms with Crippen LogP contribution < -0.4 is 5.32 Å². The lowest BCUT2D eigenvalue weighted by molar-refractivity contribution is 0.589. The van der Waals surface area contributed by atoms with Crippen molar-refractivity contribution >= 4 is 0 Å². The van der Waals surface area contributed by atoms with E-state index in [0.717, 1.165) is 37.9 Å². The van der Waals surface area contributed by atoms with Crippen molar-refractivity contribution in [2.24, 2.45) is 0 Å². The predicted molar refractivity (Wildman–Crippen MR) is 98.9 cm³/mol. The first kappa shape index (κ1) is 17.2. The first-order valence-electron chi connectivity index (χ1n) is 9.02. The molecule has 0 saturated heterocycles. The van der Waals surface area contributed by atoms with Gasteiger partial charge in [0.2, 0.25) is 0 Å². The van der Waals surface area contributed by atoms with Crippen molar-refractivity contribution in [2.75, 3.05) is 6.54 Å². The summed E-state index contributed by atoms with van der Waals surface area (Å²) in [5.41, 5.74) is 5.03. The van der Waals surface area contributed by atoms with E-state index in [-0.39, 0.29) is 11.2 Å². The van der Waals surface area contributed by atoms with Crippen molar-refractivity contribution in [3.8, 4) is 0 Å². The molecule has 0 radical (unpaired) electrons. The Bertz CT molecular complexity index is 678. The van der Waals surface area contributed by atoms with Gasteiger partial charge in [0.15, 0.2) is 0 Å². The van der Waals surface area contributed by atoms with Crippen LogP contribution in [-0.4, -0.2) is 6.54 Å². The Balaban J connectivity index is 1.48. The van der Waals surface area contributed by atoms with Gasteiger partial charge in [-0.1, -0.05) is 57.2 Å². The molecule has 128 valence electrons. The second-order valence-corrected chi connectivity index (χ2v) is 8.00. The highest BCUT2D eigenvalue weighted by molar-refractivity contribution is 5.31. The number of rotatable bonds is 6. The Morgan fingerprint density at radius 2 is 1.67 bits per heavy atom. The summed E-state index contributed by atoms with van der Waals surface area (Å²) in [4.78, 5) is 0. The fourth-order valence-corrected chi connectivity index (χ4v) is 3.04. The zero-order chi connectivity index (χ0) is 17.2. The molecule has 0 bridgehead atoms. The SMILES string of the molecule is CC(C)(C)c1ccc(CNCCc2ccc(F)c(C3CC3)c2)cc1. The van der Waals surface area contributed by atoms with Gasteiger partial charge in [-0.3, -0.25) is 0 Å². The smallest absolute Gasteiger partial charge is 0.126 e. The lowest BCUT2D eigenvalue weighted by Crippen LogP contribution is -2.17. The summed E-state index contributed by atoms with van der Waals surface area (Å²) in [6.45, 7) is 8.49. The van der Waals surface area contributed by atoms with E-state index in [2.05, 4.69) is 56.4 Å². The molecule has 0 amide bonds. The van der Waals surface area contributed by atoms with Gasteiger partial charge in [0.05, 0.1) is 0 Å². The van der Waals surface area contributed by atoms with Gasteiger partial charge < -0.3 is 5.32 Å². The molecule has 1 saturated carbocycles. The lowest BCUT2D eigenvalue weighted by atomic mass is 9.87. The van der Waals surface area contributed by atoms with Crippen LogP contribution in [0.2, 0.25) is 0 Å². The molecule has 1 fully saturated rings. The second-order valence-electron chi connectivity index (χ2n) is 8.00. The molecule has 0 aromatic heterocycles. The minimum atomic E-state index is -0.0341. The van der Waals surface area contributed by atoms with Crippen LogP contribution >= 0.6 is 0 Å². The van der Waals surface area contributed by atoms with Gasteiger partial charge in [-0.05, 0) is 65.5 Å². The minimum Gasteiger partial charge on any atom is -0.312 e. The minimum absolute atomic E-state index is 0.0341. The second kappa shape index (κ2) is 7.06. The van der Waals surface area contributed by atoms with E-state index in [1.165, 1.54) is 16.7 Å². The summed E-state index contributed by atoms with van der Waals surface area (Å²) in [5, 5.41) is 3.49. The highest BCUT2D eigenvalue weighted by Gasteiger charge is 2.26. The normalized spacial score (nSPS) is 14.8. The first-order valence-corrected chi connectivity index (χ1v) is 9.02. The van der Waals surface area contributed by atoms with Gasteiger partial charge >= 0.3 is 0 Å². The fourth-order valence-electron chi connectivity index (χ4n) is 3.04. The maximum Gasteiger partial charge on any atom is 0.126 e. The summed E-state index contributed by atoms with van der Waals surface area (Å²) in [6.07, 6.45) is 3.23. The van der Waals surface area contributed by atoms with Crippen molar-refractivity contribution < 1.29 is 4.39 Å². The van der Waals surface area contributed by atoms with Crippen molar-refractivity contribution in [2.45, 2.75) is 57.9 Å². The Hall–Kier alpha value is -1.67. The zero-order valence-electron chi connectivity index (χ0n) is 15.0. The number of hydrogen-bond donors (Lipinski definition) is 1. The average molecular weight is 325 g/mol. The van der Waals surface area contributed by atoms with Crippen LogP contribution in [0.25, 0.3) is 0 Å². The molecule has 3 rings (SSSR count). The monoisotopic (exact) mass is 325 g/mol. The van der Waals surface area contributed by atoms with Crippen LogP contribution in [-0.2, 0) is 18.4 Å². The van der Waals surface area contributed by atoms with E-state index in [4.69, 9.17) is 0 Å². The maximum absolute atomic E-state index is 13.8. The fraction of sp³-hybridized carbons (Fsp3) is 0.455. The Labute approximate surface area is 145 Å². The van der Waals surface area contributed by atoms with Gasteiger partial charge in [-0.15, -0.1) is 0 Å². The summed E-state index contributed by atoms with van der Waals surface area (Å²) in [5.74, 6) is 0.437. The first-order chi connectivity index (χ1) is 11.4. The third kappa shape index (κ3) is 4.45. The molecule has 2 aromatic carbocycles. The third-order valence-corrected chi connectivity index (χ3v) is 4.82. The molecule has 1 nitrogen and oxygen atoms in total. The Kier molecular flexibility index (Phi) is 5.05. The lowest BCUT2D eigenvalue weighted by Gasteiger charge is -2.19. The summed E-state index contributed by atoms with van der Waals surface area (Å²) < 4.78 is 13.8. The Morgan fingerprint density at radius 3 is 2.29 bits per heavy atom. The standard InChI is InChI=1S/C22H28FN/c1-22(2,3)19-9-4-17(5-10-19)15-24-13-12-16-6-11-21(23)20(14-16)18-7-8-18/h4-6,9-11,14,18,24H,7-8,12-13,15H2,1-3H3. The van der Waals surface area contributed by atoms with Crippen LogP contribution in [0.15, 0.2) is 42.5 Å². The molecule has 0 spiro atoms. The highest BCUT2D eigenvalue weighted by atomic mass is 19.1. The molecular formula is C22H28FN. The van der Waals surface area contributed by atoms with Crippen molar-refractivity contribution in [3.05, 3.63) is 70.5 Å². The number of benzene rings is 2. The van der Waals surface area contributed by atoms with Crippen molar-refractivity contribution in [3.63, 3.8) is 0 Å². The molecule has 1 N–H and O–H groups in total. The topological polar surface area (TPSA) is 12.0 Å². The molecule has 0 unspecified atom stereocenters. The number of nitrogens with one attached hydrogen (secondary N) is 1. The number of hydrogen-bond acceptors (Lipinski definition) is 1. The van der Waals surface area contributed by atoms with Gasteiger partial charge in [0.1, 0.15) is 5.82 Å².